The Morgan fingerprint density at radius 3 is 2.70 bits per heavy atom. The smallest absolute Gasteiger partial charge is 0.311 e. The van der Waals surface area contributed by atoms with Crippen molar-refractivity contribution in [1.82, 2.24) is 4.98 Å². The van der Waals surface area contributed by atoms with Crippen molar-refractivity contribution in [3.8, 4) is 0 Å². The Labute approximate surface area is 123 Å². The minimum Gasteiger partial charge on any atom is -0.481 e. The van der Waals surface area contributed by atoms with Crippen LogP contribution < -0.4 is 4.90 Å². The van der Waals surface area contributed by atoms with E-state index in [1.165, 1.54) is 12.4 Å². The molecule has 108 valence electrons. The van der Waals surface area contributed by atoms with E-state index in [1.807, 2.05) is 4.90 Å². The predicted octanol–water partition coefficient (Wildman–Crippen LogP) is 2.44. The molecule has 1 aliphatic rings. The maximum atomic E-state index is 11.1. The van der Waals surface area contributed by atoms with Crippen LogP contribution in [0.4, 0.5) is 11.4 Å². The molecule has 0 radical (unpaired) electrons. The van der Waals surface area contributed by atoms with Crippen LogP contribution in [0, 0.1) is 16.0 Å². The molecule has 1 fully saturated rings. The Morgan fingerprint density at radius 1 is 1.50 bits per heavy atom. The highest BCUT2D eigenvalue weighted by Gasteiger charge is 2.27. The SMILES string of the molecule is O=C(O)CC1CCN(c2c(Br)cncc2[N+](=O)[O-])CC1. The van der Waals surface area contributed by atoms with Crippen LogP contribution in [0.2, 0.25) is 0 Å². The van der Waals surface area contributed by atoms with E-state index in [1.54, 1.807) is 0 Å². The van der Waals surface area contributed by atoms with Gasteiger partial charge in [-0.3, -0.25) is 19.9 Å². The highest BCUT2D eigenvalue weighted by molar-refractivity contribution is 9.10. The van der Waals surface area contributed by atoms with Crippen molar-refractivity contribution in [3.63, 3.8) is 0 Å². The zero-order valence-corrected chi connectivity index (χ0v) is 12.2. The molecule has 0 aromatic carbocycles. The third-order valence-electron chi connectivity index (χ3n) is 3.44. The fourth-order valence-corrected chi connectivity index (χ4v) is 3.04. The van der Waals surface area contributed by atoms with Gasteiger partial charge in [-0.15, -0.1) is 0 Å². The second-order valence-corrected chi connectivity index (χ2v) is 5.63. The number of nitro groups is 1. The zero-order valence-electron chi connectivity index (χ0n) is 10.7. The van der Waals surface area contributed by atoms with Crippen molar-refractivity contribution >= 4 is 33.3 Å². The Balaban J connectivity index is 2.14. The monoisotopic (exact) mass is 343 g/mol. The van der Waals surface area contributed by atoms with Crippen LogP contribution >= 0.6 is 15.9 Å². The maximum absolute atomic E-state index is 11.1. The fourth-order valence-electron chi connectivity index (χ4n) is 2.47. The summed E-state index contributed by atoms with van der Waals surface area (Å²) in [4.78, 5) is 27.1. The average molecular weight is 344 g/mol. The molecule has 0 unspecified atom stereocenters. The summed E-state index contributed by atoms with van der Waals surface area (Å²) in [6.45, 7) is 1.22. The molecule has 8 heteroatoms. The number of nitrogens with zero attached hydrogens (tertiary/aromatic N) is 3. The lowest BCUT2D eigenvalue weighted by molar-refractivity contribution is -0.384. The molecule has 2 heterocycles. The van der Waals surface area contributed by atoms with Crippen LogP contribution in [0.3, 0.4) is 0 Å². The number of carboxylic acid groups (broad SMARTS) is 1. The first-order valence-electron chi connectivity index (χ1n) is 6.23. The number of aromatic nitrogens is 1. The first-order valence-corrected chi connectivity index (χ1v) is 7.03. The first kappa shape index (κ1) is 14.7. The third-order valence-corrected chi connectivity index (χ3v) is 4.02. The molecule has 2 rings (SSSR count). The van der Waals surface area contributed by atoms with Crippen molar-refractivity contribution in [2.24, 2.45) is 5.92 Å². The number of piperidine rings is 1. The molecule has 0 spiro atoms. The highest BCUT2D eigenvalue weighted by Crippen LogP contribution is 2.37. The second-order valence-electron chi connectivity index (χ2n) is 4.77. The number of carboxylic acids is 1. The van der Waals surface area contributed by atoms with Crippen LogP contribution in [0.1, 0.15) is 19.3 Å². The van der Waals surface area contributed by atoms with Gasteiger partial charge in [0.1, 0.15) is 11.9 Å². The molecule has 0 amide bonds. The van der Waals surface area contributed by atoms with Gasteiger partial charge < -0.3 is 10.0 Å². The van der Waals surface area contributed by atoms with Crippen molar-refractivity contribution in [2.75, 3.05) is 18.0 Å². The number of halogens is 1. The highest BCUT2D eigenvalue weighted by atomic mass is 79.9. The van der Waals surface area contributed by atoms with Gasteiger partial charge in [0.15, 0.2) is 0 Å². The van der Waals surface area contributed by atoms with Gasteiger partial charge in [-0.2, -0.15) is 0 Å². The summed E-state index contributed by atoms with van der Waals surface area (Å²) in [5, 5.41) is 19.9. The van der Waals surface area contributed by atoms with Crippen molar-refractivity contribution in [2.45, 2.75) is 19.3 Å². The summed E-state index contributed by atoms with van der Waals surface area (Å²) in [7, 11) is 0. The molecule has 0 atom stereocenters. The Morgan fingerprint density at radius 2 is 2.15 bits per heavy atom. The average Bonchev–Trinajstić information content (AvgIpc) is 2.39. The largest absolute Gasteiger partial charge is 0.481 e. The van der Waals surface area contributed by atoms with Crippen LogP contribution in [-0.4, -0.2) is 34.1 Å². The van der Waals surface area contributed by atoms with Gasteiger partial charge in [0.2, 0.25) is 0 Å². The van der Waals surface area contributed by atoms with Gasteiger partial charge in [-0.1, -0.05) is 0 Å². The van der Waals surface area contributed by atoms with Gasteiger partial charge in [-0.05, 0) is 34.7 Å². The molecule has 1 saturated heterocycles. The Kier molecular flexibility index (Phi) is 4.53. The topological polar surface area (TPSA) is 96.6 Å². The molecule has 0 saturated carbocycles. The lowest BCUT2D eigenvalue weighted by atomic mass is 9.93. The minimum atomic E-state index is -0.792. The van der Waals surface area contributed by atoms with E-state index in [0.29, 0.717) is 23.2 Å². The molecule has 1 aromatic heterocycles. The lowest BCUT2D eigenvalue weighted by Crippen LogP contribution is -2.35. The molecule has 0 bridgehead atoms. The molecule has 1 N–H and O–H groups in total. The zero-order chi connectivity index (χ0) is 14.7. The van der Waals surface area contributed by atoms with Gasteiger partial charge >= 0.3 is 11.7 Å². The fraction of sp³-hybridized carbons (Fsp3) is 0.500. The summed E-state index contributed by atoms with van der Waals surface area (Å²) in [5.74, 6) is -0.650. The second kappa shape index (κ2) is 6.17. The van der Waals surface area contributed by atoms with Crippen molar-refractivity contribution < 1.29 is 14.8 Å². The van der Waals surface area contributed by atoms with E-state index < -0.39 is 10.9 Å². The molecule has 7 nitrogen and oxygen atoms in total. The lowest BCUT2D eigenvalue weighted by Gasteiger charge is -2.33. The first-order chi connectivity index (χ1) is 9.49. The summed E-state index contributed by atoms with van der Waals surface area (Å²) < 4.78 is 0.586. The number of anilines is 1. The molecule has 0 aliphatic carbocycles. The van der Waals surface area contributed by atoms with Gasteiger partial charge in [0.25, 0.3) is 0 Å². The predicted molar refractivity (Wildman–Crippen MR) is 75.8 cm³/mol. The van der Waals surface area contributed by atoms with Crippen LogP contribution in [0.25, 0.3) is 0 Å². The third kappa shape index (κ3) is 3.24. The van der Waals surface area contributed by atoms with E-state index >= 15 is 0 Å². The number of rotatable bonds is 4. The quantitative estimate of drug-likeness (QED) is 0.666. The summed E-state index contributed by atoms with van der Waals surface area (Å²) >= 11 is 3.30. The molecule has 1 aromatic rings. The standard InChI is InChI=1S/C12H14BrN3O4/c13-9-6-14-7-10(16(19)20)12(9)15-3-1-8(2-4-15)5-11(17)18/h6-8H,1-5H2,(H,17,18). The number of hydrogen-bond donors (Lipinski definition) is 1. The Bertz CT molecular complexity index is 529. The molecule has 20 heavy (non-hydrogen) atoms. The van der Waals surface area contributed by atoms with Crippen LogP contribution in [0.15, 0.2) is 16.9 Å². The molecule has 1 aliphatic heterocycles. The van der Waals surface area contributed by atoms with E-state index in [2.05, 4.69) is 20.9 Å². The minimum absolute atomic E-state index is 0.0314. The molecular formula is C12H14BrN3O4. The summed E-state index contributed by atoms with van der Waals surface area (Å²) in [5.41, 5.74) is 0.495. The summed E-state index contributed by atoms with van der Waals surface area (Å²) in [6, 6.07) is 0. The van der Waals surface area contributed by atoms with Gasteiger partial charge in [-0.25, -0.2) is 0 Å². The number of carbonyl (C=O) groups is 1. The number of aliphatic carboxylic acids is 1. The van der Waals surface area contributed by atoms with Crippen molar-refractivity contribution in [1.29, 1.82) is 0 Å². The number of pyridine rings is 1. The van der Waals surface area contributed by atoms with Crippen LogP contribution in [0.5, 0.6) is 0 Å². The normalized spacial score (nSPS) is 16.1. The molecular weight excluding hydrogens is 330 g/mol. The van der Waals surface area contributed by atoms with E-state index in [0.717, 1.165) is 12.8 Å². The van der Waals surface area contributed by atoms with E-state index in [9.17, 15) is 14.9 Å². The maximum Gasteiger partial charge on any atom is 0.311 e. The van der Waals surface area contributed by atoms with E-state index in [4.69, 9.17) is 5.11 Å². The summed E-state index contributed by atoms with van der Waals surface area (Å²) in [6.07, 6.45) is 4.37. The Hall–Kier alpha value is -1.70. The van der Waals surface area contributed by atoms with E-state index in [-0.39, 0.29) is 18.0 Å². The van der Waals surface area contributed by atoms with Gasteiger partial charge in [0, 0.05) is 25.7 Å². The van der Waals surface area contributed by atoms with Crippen LogP contribution in [-0.2, 0) is 4.79 Å². The van der Waals surface area contributed by atoms with Crippen molar-refractivity contribution in [3.05, 3.63) is 27.0 Å². The van der Waals surface area contributed by atoms with Gasteiger partial charge in [0.05, 0.1) is 9.40 Å². The number of hydrogen-bond acceptors (Lipinski definition) is 5.